The molecule has 4 unspecified atom stereocenters. The third kappa shape index (κ3) is 6.13. The van der Waals surface area contributed by atoms with E-state index in [0.29, 0.717) is 18.1 Å². The first-order valence-corrected chi connectivity index (χ1v) is 14.8. The van der Waals surface area contributed by atoms with Gasteiger partial charge in [-0.2, -0.15) is 0 Å². The van der Waals surface area contributed by atoms with Crippen molar-refractivity contribution in [2.45, 2.75) is 64.4 Å². The van der Waals surface area contributed by atoms with Crippen LogP contribution in [0.2, 0.25) is 0 Å². The monoisotopic (exact) mass is 557 g/mol. The van der Waals surface area contributed by atoms with Crippen LogP contribution >= 0.6 is 0 Å². The number of carbonyl (C=O) groups excluding carboxylic acids is 1. The summed E-state index contributed by atoms with van der Waals surface area (Å²) in [6, 6.07) is 13.4. The number of benzene rings is 1. The van der Waals surface area contributed by atoms with Gasteiger partial charge in [0, 0.05) is 68.1 Å². The average Bonchev–Trinajstić information content (AvgIpc) is 3.34. The van der Waals surface area contributed by atoms with E-state index in [2.05, 4.69) is 40.0 Å². The maximum atomic E-state index is 13.0. The maximum absolute atomic E-state index is 13.0. The molecule has 3 aromatic rings. The molecular weight excluding hydrogens is 518 g/mol. The van der Waals surface area contributed by atoms with Crippen molar-refractivity contribution in [2.24, 2.45) is 0 Å². The maximum Gasteiger partial charge on any atom is 0.326 e. The van der Waals surface area contributed by atoms with Crippen molar-refractivity contribution < 1.29 is 14.3 Å². The van der Waals surface area contributed by atoms with E-state index in [4.69, 9.17) is 19.4 Å². The minimum absolute atomic E-state index is 0.132. The number of carbonyl (C=O) groups is 1. The lowest BCUT2D eigenvalue weighted by Gasteiger charge is -2.38. The van der Waals surface area contributed by atoms with Crippen molar-refractivity contribution in [3.63, 3.8) is 0 Å². The number of amides is 2. The third-order valence-corrected chi connectivity index (χ3v) is 8.10. The van der Waals surface area contributed by atoms with Crippen LogP contribution in [0.5, 0.6) is 0 Å². The van der Waals surface area contributed by atoms with Gasteiger partial charge in [-0.1, -0.05) is 6.92 Å². The third-order valence-electron chi connectivity index (χ3n) is 8.10. The number of rotatable bonds is 7. The molecule has 0 spiro atoms. The highest BCUT2D eigenvalue weighted by atomic mass is 16.5. The number of hydrogen-bond donors (Lipinski definition) is 1. The normalized spacial score (nSPS) is 23.9. The highest BCUT2D eigenvalue weighted by Crippen LogP contribution is 2.33. The van der Waals surface area contributed by atoms with Gasteiger partial charge >= 0.3 is 6.03 Å². The van der Waals surface area contributed by atoms with Gasteiger partial charge in [0.1, 0.15) is 11.6 Å². The standard InChI is InChI=1S/C31H39N7O3/c1-4-25-18-36(17-21(3)40-25)28-16-29(37-19-26-10-11-27(20-37)41-26)35-30(34-28)22-6-8-24(9-7-22)38(5-2)31(39)33-23-12-14-32-15-13-23/h6-9,12-16,21,25-27H,4-5,10-11,17-20H2,1-3H3,(H,32,33,39). The SMILES string of the molecule is CCC1CN(c2cc(N3CC4CCC(C3)O4)nc(-c3ccc(N(CC)C(=O)Nc4ccncc4)cc3)n2)CC(C)O1. The molecule has 2 bridgehead atoms. The fourth-order valence-corrected chi connectivity index (χ4v) is 5.99. The van der Waals surface area contributed by atoms with Crippen molar-refractivity contribution in [1.82, 2.24) is 15.0 Å². The minimum Gasteiger partial charge on any atom is -0.372 e. The number of ether oxygens (including phenoxy) is 2. The van der Waals surface area contributed by atoms with Gasteiger partial charge in [-0.3, -0.25) is 9.88 Å². The lowest BCUT2D eigenvalue weighted by atomic mass is 10.1. The number of nitrogens with one attached hydrogen (secondary N) is 1. The number of nitrogens with zero attached hydrogens (tertiary/aromatic N) is 6. The number of pyridine rings is 1. The first-order chi connectivity index (χ1) is 20.0. The summed E-state index contributed by atoms with van der Waals surface area (Å²) in [4.78, 5) is 33.6. The van der Waals surface area contributed by atoms with Crippen LogP contribution in [0.25, 0.3) is 11.4 Å². The van der Waals surface area contributed by atoms with Crippen LogP contribution in [0.15, 0.2) is 54.9 Å². The van der Waals surface area contributed by atoms with Gasteiger partial charge < -0.3 is 24.6 Å². The summed E-state index contributed by atoms with van der Waals surface area (Å²) in [5.74, 6) is 2.54. The Hall–Kier alpha value is -3.76. The molecule has 10 nitrogen and oxygen atoms in total. The van der Waals surface area contributed by atoms with E-state index in [1.165, 1.54) is 0 Å². The topological polar surface area (TPSA) is 96.0 Å². The number of fused-ring (bicyclic) bond motifs is 2. The van der Waals surface area contributed by atoms with Crippen molar-refractivity contribution in [3.8, 4) is 11.4 Å². The molecule has 3 aliphatic rings. The molecule has 5 heterocycles. The van der Waals surface area contributed by atoms with E-state index in [1.54, 1.807) is 29.4 Å². The Labute approximate surface area is 241 Å². The highest BCUT2D eigenvalue weighted by Gasteiger charge is 2.35. The van der Waals surface area contributed by atoms with Gasteiger partial charge in [-0.05, 0) is 69.5 Å². The molecule has 0 saturated carbocycles. The average molecular weight is 558 g/mol. The molecule has 216 valence electrons. The zero-order valence-corrected chi connectivity index (χ0v) is 24.1. The summed E-state index contributed by atoms with van der Waals surface area (Å²) < 4.78 is 12.2. The first-order valence-electron chi connectivity index (χ1n) is 14.8. The molecule has 1 aromatic carbocycles. The molecule has 3 saturated heterocycles. The Kier molecular flexibility index (Phi) is 8.02. The van der Waals surface area contributed by atoms with Crippen molar-refractivity contribution in [2.75, 3.05) is 52.7 Å². The van der Waals surface area contributed by atoms with E-state index in [0.717, 1.165) is 68.3 Å². The Morgan fingerprint density at radius 3 is 2.22 bits per heavy atom. The summed E-state index contributed by atoms with van der Waals surface area (Å²) in [7, 11) is 0. The zero-order chi connectivity index (χ0) is 28.3. The minimum atomic E-state index is -0.194. The summed E-state index contributed by atoms with van der Waals surface area (Å²) >= 11 is 0. The van der Waals surface area contributed by atoms with Gasteiger partial charge in [-0.25, -0.2) is 14.8 Å². The second kappa shape index (κ2) is 12.0. The number of aromatic nitrogens is 3. The van der Waals surface area contributed by atoms with Crippen LogP contribution in [0.3, 0.4) is 0 Å². The summed E-state index contributed by atoms with van der Waals surface area (Å²) in [5, 5.41) is 2.94. The van der Waals surface area contributed by atoms with Crippen LogP contribution in [0, 0.1) is 0 Å². The highest BCUT2D eigenvalue weighted by molar-refractivity contribution is 6.01. The van der Waals surface area contributed by atoms with Crippen LogP contribution in [-0.2, 0) is 9.47 Å². The Morgan fingerprint density at radius 2 is 1.59 bits per heavy atom. The molecule has 3 aliphatic heterocycles. The number of urea groups is 1. The van der Waals surface area contributed by atoms with Crippen molar-refractivity contribution in [1.29, 1.82) is 0 Å². The Balaban J connectivity index is 1.29. The van der Waals surface area contributed by atoms with E-state index < -0.39 is 0 Å². The van der Waals surface area contributed by atoms with E-state index in [9.17, 15) is 4.79 Å². The van der Waals surface area contributed by atoms with Crippen molar-refractivity contribution >= 4 is 29.0 Å². The van der Waals surface area contributed by atoms with Gasteiger partial charge in [-0.15, -0.1) is 0 Å². The Bertz CT molecular complexity index is 1330. The molecule has 41 heavy (non-hydrogen) atoms. The van der Waals surface area contributed by atoms with Crippen LogP contribution in [-0.4, -0.2) is 78.1 Å². The summed E-state index contributed by atoms with van der Waals surface area (Å²) in [6.45, 7) is 10.1. The quantitative estimate of drug-likeness (QED) is 0.435. The van der Waals surface area contributed by atoms with E-state index >= 15 is 0 Å². The largest absolute Gasteiger partial charge is 0.372 e. The molecule has 2 aromatic heterocycles. The second-order valence-electron chi connectivity index (χ2n) is 11.1. The molecule has 2 amide bonds. The predicted molar refractivity (Wildman–Crippen MR) is 161 cm³/mol. The lowest BCUT2D eigenvalue weighted by Crippen LogP contribution is -2.47. The molecule has 1 N–H and O–H groups in total. The fourth-order valence-electron chi connectivity index (χ4n) is 5.99. The van der Waals surface area contributed by atoms with Crippen molar-refractivity contribution in [3.05, 3.63) is 54.9 Å². The summed E-state index contributed by atoms with van der Waals surface area (Å²) in [6.07, 6.45) is 7.33. The summed E-state index contributed by atoms with van der Waals surface area (Å²) in [5.41, 5.74) is 2.42. The molecular formula is C31H39N7O3. The van der Waals surface area contributed by atoms with Gasteiger partial charge in [0.15, 0.2) is 5.82 Å². The Morgan fingerprint density at radius 1 is 0.927 bits per heavy atom. The van der Waals surface area contributed by atoms with Crippen LogP contribution in [0.4, 0.5) is 27.8 Å². The van der Waals surface area contributed by atoms with E-state index in [-0.39, 0.29) is 30.4 Å². The van der Waals surface area contributed by atoms with E-state index in [1.807, 2.05) is 31.2 Å². The molecule has 10 heteroatoms. The zero-order valence-electron chi connectivity index (χ0n) is 24.1. The van der Waals surface area contributed by atoms with Gasteiger partial charge in [0.25, 0.3) is 0 Å². The number of hydrogen-bond acceptors (Lipinski definition) is 8. The lowest BCUT2D eigenvalue weighted by molar-refractivity contribution is -0.0174. The van der Waals surface area contributed by atoms with Gasteiger partial charge in [0.05, 0.1) is 24.4 Å². The molecule has 6 rings (SSSR count). The molecule has 3 fully saturated rings. The smallest absolute Gasteiger partial charge is 0.326 e. The van der Waals surface area contributed by atoms with Crippen LogP contribution < -0.4 is 20.0 Å². The number of anilines is 4. The van der Waals surface area contributed by atoms with Gasteiger partial charge in [0.2, 0.25) is 0 Å². The number of morpholine rings is 2. The molecule has 0 aliphatic carbocycles. The second-order valence-corrected chi connectivity index (χ2v) is 11.1. The fraction of sp³-hybridized carbons (Fsp3) is 0.484. The molecule has 0 radical (unpaired) electrons. The predicted octanol–water partition coefficient (Wildman–Crippen LogP) is 4.97. The first kappa shape index (κ1) is 27.4. The molecule has 4 atom stereocenters. The van der Waals surface area contributed by atoms with Crippen LogP contribution in [0.1, 0.15) is 40.0 Å².